The van der Waals surface area contributed by atoms with E-state index in [0.29, 0.717) is 0 Å². The van der Waals surface area contributed by atoms with Gasteiger partial charge in [-0.1, -0.05) is 25.1 Å². The lowest BCUT2D eigenvalue weighted by Crippen LogP contribution is -2.13. The summed E-state index contributed by atoms with van der Waals surface area (Å²) in [6.45, 7) is 6.12. The number of para-hydroxylation sites is 1. The minimum atomic E-state index is 0.0740. The van der Waals surface area contributed by atoms with E-state index in [1.54, 1.807) is 0 Å². The molecule has 1 aromatic rings. The smallest absolute Gasteiger partial charge is 0.124 e. The molecule has 0 radical (unpaired) electrons. The molecule has 0 aliphatic rings. The van der Waals surface area contributed by atoms with Crippen LogP contribution in [0.2, 0.25) is 0 Å². The zero-order chi connectivity index (χ0) is 10.6. The van der Waals surface area contributed by atoms with Crippen molar-refractivity contribution in [2.24, 2.45) is 5.73 Å². The van der Waals surface area contributed by atoms with Gasteiger partial charge in [-0.25, -0.2) is 0 Å². The van der Waals surface area contributed by atoms with Crippen molar-refractivity contribution in [1.29, 1.82) is 0 Å². The van der Waals surface area contributed by atoms with Gasteiger partial charge in [0.15, 0.2) is 0 Å². The lowest BCUT2D eigenvalue weighted by atomic mass is 10.0. The Morgan fingerprint density at radius 1 is 1.29 bits per heavy atom. The highest BCUT2D eigenvalue weighted by molar-refractivity contribution is 5.35. The van der Waals surface area contributed by atoms with Crippen LogP contribution in [0.5, 0.6) is 5.75 Å². The third-order valence-electron chi connectivity index (χ3n) is 2.12. The summed E-state index contributed by atoms with van der Waals surface area (Å²) in [6, 6.07) is 8.06. The monoisotopic (exact) mass is 193 g/mol. The van der Waals surface area contributed by atoms with Crippen LogP contribution < -0.4 is 10.5 Å². The number of hydrogen-bond acceptors (Lipinski definition) is 2. The van der Waals surface area contributed by atoms with E-state index in [2.05, 4.69) is 6.92 Å². The summed E-state index contributed by atoms with van der Waals surface area (Å²) in [5, 5.41) is 0. The van der Waals surface area contributed by atoms with E-state index in [4.69, 9.17) is 10.5 Å². The maximum Gasteiger partial charge on any atom is 0.124 e. The number of rotatable bonds is 4. The van der Waals surface area contributed by atoms with Gasteiger partial charge in [-0.05, 0) is 26.3 Å². The minimum absolute atomic E-state index is 0.0740. The molecule has 1 aromatic carbocycles. The molecule has 0 fully saturated rings. The van der Waals surface area contributed by atoms with Gasteiger partial charge in [0.2, 0.25) is 0 Å². The van der Waals surface area contributed by atoms with E-state index >= 15 is 0 Å². The summed E-state index contributed by atoms with van der Waals surface area (Å²) >= 11 is 0. The second-order valence-corrected chi connectivity index (χ2v) is 3.72. The lowest BCUT2D eigenvalue weighted by molar-refractivity contribution is 0.238. The predicted octanol–water partition coefficient (Wildman–Crippen LogP) is 2.88. The number of hydrogen-bond donors (Lipinski definition) is 1. The van der Waals surface area contributed by atoms with Crippen LogP contribution in [0.1, 0.15) is 38.8 Å². The highest BCUT2D eigenvalue weighted by Gasteiger charge is 2.10. The number of benzene rings is 1. The fraction of sp³-hybridized carbons (Fsp3) is 0.500. The van der Waals surface area contributed by atoms with E-state index in [1.165, 1.54) is 0 Å². The fourth-order valence-corrected chi connectivity index (χ4v) is 1.37. The summed E-state index contributed by atoms with van der Waals surface area (Å²) in [7, 11) is 0. The van der Waals surface area contributed by atoms with Crippen molar-refractivity contribution >= 4 is 0 Å². The van der Waals surface area contributed by atoms with Gasteiger partial charge in [0.1, 0.15) is 5.75 Å². The Labute approximate surface area is 86.1 Å². The SMILES string of the molecule is CC[C@@H](N)c1ccccc1OC(C)C. The quantitative estimate of drug-likeness (QED) is 0.798. The highest BCUT2D eigenvalue weighted by atomic mass is 16.5. The van der Waals surface area contributed by atoms with Crippen molar-refractivity contribution < 1.29 is 4.74 Å². The number of nitrogens with two attached hydrogens (primary N) is 1. The minimum Gasteiger partial charge on any atom is -0.491 e. The Kier molecular flexibility index (Phi) is 3.96. The molecule has 0 spiro atoms. The molecule has 2 N–H and O–H groups in total. The van der Waals surface area contributed by atoms with Crippen molar-refractivity contribution in [1.82, 2.24) is 0 Å². The molecule has 14 heavy (non-hydrogen) atoms. The van der Waals surface area contributed by atoms with Gasteiger partial charge in [0.25, 0.3) is 0 Å². The van der Waals surface area contributed by atoms with Crippen LogP contribution in [0.15, 0.2) is 24.3 Å². The van der Waals surface area contributed by atoms with Crippen molar-refractivity contribution in [3.63, 3.8) is 0 Å². The van der Waals surface area contributed by atoms with E-state index in [0.717, 1.165) is 17.7 Å². The molecule has 2 nitrogen and oxygen atoms in total. The summed E-state index contributed by atoms with van der Waals surface area (Å²) in [5.41, 5.74) is 7.09. The number of ether oxygens (including phenoxy) is 1. The van der Waals surface area contributed by atoms with Crippen LogP contribution in [0.25, 0.3) is 0 Å². The Balaban J connectivity index is 2.91. The zero-order valence-corrected chi connectivity index (χ0v) is 9.16. The summed E-state index contributed by atoms with van der Waals surface area (Å²) < 4.78 is 5.69. The molecule has 0 saturated carbocycles. The maximum absolute atomic E-state index is 5.99. The molecular formula is C12H19NO. The van der Waals surface area contributed by atoms with Gasteiger partial charge in [-0.2, -0.15) is 0 Å². The van der Waals surface area contributed by atoms with Crippen molar-refractivity contribution in [3.05, 3.63) is 29.8 Å². The summed E-state index contributed by atoms with van der Waals surface area (Å²) in [6.07, 6.45) is 1.12. The zero-order valence-electron chi connectivity index (χ0n) is 9.16. The Bertz CT molecular complexity index is 283. The molecule has 0 aromatic heterocycles. The first-order valence-electron chi connectivity index (χ1n) is 5.16. The average molecular weight is 193 g/mol. The molecule has 78 valence electrons. The largest absolute Gasteiger partial charge is 0.491 e. The summed E-state index contributed by atoms with van der Waals surface area (Å²) in [4.78, 5) is 0. The van der Waals surface area contributed by atoms with E-state index < -0.39 is 0 Å². The lowest BCUT2D eigenvalue weighted by Gasteiger charge is -2.17. The van der Waals surface area contributed by atoms with Gasteiger partial charge in [-0.3, -0.25) is 0 Å². The first-order chi connectivity index (χ1) is 6.65. The molecule has 0 heterocycles. The van der Waals surface area contributed by atoms with Crippen molar-refractivity contribution in [3.8, 4) is 5.75 Å². The molecule has 0 saturated heterocycles. The standard InChI is InChI=1S/C12H19NO/c1-4-11(13)10-7-5-6-8-12(10)14-9(2)3/h5-9,11H,4,13H2,1-3H3/t11-/m1/s1. The molecule has 0 aliphatic carbocycles. The van der Waals surface area contributed by atoms with Crippen LogP contribution in [0.4, 0.5) is 0 Å². The third kappa shape index (κ3) is 2.74. The third-order valence-corrected chi connectivity index (χ3v) is 2.12. The molecule has 0 amide bonds. The van der Waals surface area contributed by atoms with Gasteiger partial charge in [-0.15, -0.1) is 0 Å². The molecule has 0 bridgehead atoms. The molecular weight excluding hydrogens is 174 g/mol. The van der Waals surface area contributed by atoms with Crippen LogP contribution >= 0.6 is 0 Å². The maximum atomic E-state index is 5.99. The van der Waals surface area contributed by atoms with Crippen LogP contribution in [-0.2, 0) is 0 Å². The normalized spacial score (nSPS) is 12.9. The van der Waals surface area contributed by atoms with Gasteiger partial charge in [0, 0.05) is 11.6 Å². The second kappa shape index (κ2) is 5.01. The Morgan fingerprint density at radius 2 is 1.93 bits per heavy atom. The fourth-order valence-electron chi connectivity index (χ4n) is 1.37. The first kappa shape index (κ1) is 11.1. The molecule has 1 rings (SSSR count). The van der Waals surface area contributed by atoms with E-state index in [1.807, 2.05) is 38.1 Å². The van der Waals surface area contributed by atoms with Crippen LogP contribution in [0, 0.1) is 0 Å². The molecule has 0 unspecified atom stereocenters. The highest BCUT2D eigenvalue weighted by Crippen LogP contribution is 2.25. The Morgan fingerprint density at radius 3 is 2.50 bits per heavy atom. The van der Waals surface area contributed by atoms with Gasteiger partial charge >= 0.3 is 0 Å². The van der Waals surface area contributed by atoms with Crippen LogP contribution in [-0.4, -0.2) is 6.10 Å². The van der Waals surface area contributed by atoms with Crippen molar-refractivity contribution in [2.45, 2.75) is 39.3 Å². The van der Waals surface area contributed by atoms with Gasteiger partial charge < -0.3 is 10.5 Å². The Hall–Kier alpha value is -1.02. The predicted molar refractivity (Wildman–Crippen MR) is 59.4 cm³/mol. The molecule has 2 heteroatoms. The molecule has 0 aliphatic heterocycles. The second-order valence-electron chi connectivity index (χ2n) is 3.72. The topological polar surface area (TPSA) is 35.2 Å². The first-order valence-corrected chi connectivity index (χ1v) is 5.16. The van der Waals surface area contributed by atoms with E-state index in [-0.39, 0.29) is 12.1 Å². The van der Waals surface area contributed by atoms with E-state index in [9.17, 15) is 0 Å². The van der Waals surface area contributed by atoms with Gasteiger partial charge in [0.05, 0.1) is 6.10 Å². The van der Waals surface area contributed by atoms with Crippen molar-refractivity contribution in [2.75, 3.05) is 0 Å². The van der Waals surface area contributed by atoms with Crippen LogP contribution in [0.3, 0.4) is 0 Å². The average Bonchev–Trinajstić information content (AvgIpc) is 2.16. The molecule has 1 atom stereocenters. The summed E-state index contributed by atoms with van der Waals surface area (Å²) in [5.74, 6) is 0.914.